The lowest BCUT2D eigenvalue weighted by molar-refractivity contribution is 0.557. The fraction of sp³-hybridized carbons (Fsp3) is 0.429. The smallest absolute Gasteiger partial charge is 0.123 e. The molecule has 0 aliphatic rings. The molecule has 0 aliphatic heterocycles. The van der Waals surface area contributed by atoms with E-state index in [0.29, 0.717) is 5.92 Å². The van der Waals surface area contributed by atoms with Crippen LogP contribution in [0.4, 0.5) is 4.39 Å². The van der Waals surface area contributed by atoms with E-state index in [9.17, 15) is 4.39 Å². The largest absolute Gasteiger partial charge is 0.316 e. The quantitative estimate of drug-likeness (QED) is 0.725. The van der Waals surface area contributed by atoms with Crippen molar-refractivity contribution < 1.29 is 4.39 Å². The second kappa shape index (κ2) is 7.18. The van der Waals surface area contributed by atoms with E-state index in [-0.39, 0.29) is 5.82 Å². The van der Waals surface area contributed by atoms with Crippen LogP contribution >= 0.6 is 0 Å². The molecule has 1 N–H and O–H groups in total. The van der Waals surface area contributed by atoms with E-state index < -0.39 is 0 Å². The van der Waals surface area contributed by atoms with Crippen LogP contribution in [0.1, 0.15) is 25.8 Å². The summed E-state index contributed by atoms with van der Waals surface area (Å²) in [5.41, 5.74) is 1.05. The highest BCUT2D eigenvalue weighted by Crippen LogP contribution is 2.04. The van der Waals surface area contributed by atoms with Crippen LogP contribution in [0.3, 0.4) is 0 Å². The fourth-order valence-electron chi connectivity index (χ4n) is 1.37. The third kappa shape index (κ3) is 5.66. The number of benzene rings is 1. The molecule has 88 valence electrons. The lowest BCUT2D eigenvalue weighted by Crippen LogP contribution is -2.20. The van der Waals surface area contributed by atoms with Gasteiger partial charge in [-0.2, -0.15) is 0 Å². The van der Waals surface area contributed by atoms with Crippen molar-refractivity contribution in [3.05, 3.63) is 41.7 Å². The normalized spacial score (nSPS) is 11.5. The standard InChI is InChI=1S/C14H20FN/c1-12(2)11-16-10-4-3-5-13-6-8-14(15)9-7-13/h3,5-9,12,16H,4,10-11H2,1-2H3. The summed E-state index contributed by atoms with van der Waals surface area (Å²) in [6.45, 7) is 6.45. The molecule has 0 atom stereocenters. The third-order valence-corrected chi connectivity index (χ3v) is 2.22. The van der Waals surface area contributed by atoms with Crippen molar-refractivity contribution >= 4 is 6.08 Å². The van der Waals surface area contributed by atoms with Crippen molar-refractivity contribution in [2.24, 2.45) is 5.92 Å². The summed E-state index contributed by atoms with van der Waals surface area (Å²) in [5, 5.41) is 3.37. The van der Waals surface area contributed by atoms with E-state index in [1.807, 2.05) is 6.08 Å². The highest BCUT2D eigenvalue weighted by molar-refractivity contribution is 5.48. The van der Waals surface area contributed by atoms with Crippen molar-refractivity contribution in [1.82, 2.24) is 5.32 Å². The Morgan fingerprint density at radius 1 is 1.25 bits per heavy atom. The molecule has 0 saturated heterocycles. The predicted octanol–water partition coefficient (Wildman–Crippen LogP) is 3.47. The molecule has 1 rings (SSSR count). The minimum absolute atomic E-state index is 0.184. The second-order valence-electron chi connectivity index (χ2n) is 4.34. The fourth-order valence-corrected chi connectivity index (χ4v) is 1.37. The van der Waals surface area contributed by atoms with Crippen LogP contribution in [0, 0.1) is 11.7 Å². The monoisotopic (exact) mass is 221 g/mol. The first-order valence-electron chi connectivity index (χ1n) is 5.81. The van der Waals surface area contributed by atoms with E-state index in [1.165, 1.54) is 12.1 Å². The molecule has 1 aromatic rings. The Bertz CT molecular complexity index is 314. The van der Waals surface area contributed by atoms with Gasteiger partial charge < -0.3 is 5.32 Å². The van der Waals surface area contributed by atoms with Crippen LogP contribution in [0.15, 0.2) is 30.3 Å². The Balaban J connectivity index is 2.19. The highest BCUT2D eigenvalue weighted by atomic mass is 19.1. The van der Waals surface area contributed by atoms with Gasteiger partial charge in [-0.1, -0.05) is 38.1 Å². The van der Waals surface area contributed by atoms with Gasteiger partial charge in [0, 0.05) is 0 Å². The van der Waals surface area contributed by atoms with Crippen molar-refractivity contribution in [1.29, 1.82) is 0 Å². The van der Waals surface area contributed by atoms with Crippen LogP contribution in [-0.4, -0.2) is 13.1 Å². The van der Waals surface area contributed by atoms with Gasteiger partial charge in [0.15, 0.2) is 0 Å². The molecule has 0 spiro atoms. The lowest BCUT2D eigenvalue weighted by Gasteiger charge is -2.04. The zero-order valence-corrected chi connectivity index (χ0v) is 10.0. The SMILES string of the molecule is CC(C)CNCCC=Cc1ccc(F)cc1. The number of hydrogen-bond donors (Lipinski definition) is 1. The first-order valence-corrected chi connectivity index (χ1v) is 5.81. The number of nitrogens with one attached hydrogen (secondary N) is 1. The minimum Gasteiger partial charge on any atom is -0.316 e. The zero-order chi connectivity index (χ0) is 11.8. The van der Waals surface area contributed by atoms with Gasteiger partial charge in [0.25, 0.3) is 0 Å². The molecule has 1 aromatic carbocycles. The van der Waals surface area contributed by atoms with E-state index in [4.69, 9.17) is 0 Å². The summed E-state index contributed by atoms with van der Waals surface area (Å²) in [7, 11) is 0. The maximum absolute atomic E-state index is 12.6. The van der Waals surface area contributed by atoms with Crippen molar-refractivity contribution in [2.45, 2.75) is 20.3 Å². The first-order chi connectivity index (χ1) is 7.68. The summed E-state index contributed by atoms with van der Waals surface area (Å²) < 4.78 is 12.6. The maximum Gasteiger partial charge on any atom is 0.123 e. The molecule has 0 unspecified atom stereocenters. The molecule has 0 heterocycles. The summed E-state index contributed by atoms with van der Waals surface area (Å²) in [6, 6.07) is 6.54. The zero-order valence-electron chi connectivity index (χ0n) is 10.0. The Morgan fingerprint density at radius 2 is 1.94 bits per heavy atom. The average molecular weight is 221 g/mol. The van der Waals surface area contributed by atoms with Crippen LogP contribution in [0.5, 0.6) is 0 Å². The van der Waals surface area contributed by atoms with Crippen molar-refractivity contribution in [2.75, 3.05) is 13.1 Å². The predicted molar refractivity (Wildman–Crippen MR) is 67.8 cm³/mol. The van der Waals surface area contributed by atoms with Gasteiger partial charge in [-0.3, -0.25) is 0 Å². The average Bonchev–Trinajstić information content (AvgIpc) is 2.25. The summed E-state index contributed by atoms with van der Waals surface area (Å²) in [4.78, 5) is 0. The first kappa shape index (κ1) is 12.9. The topological polar surface area (TPSA) is 12.0 Å². The Labute approximate surface area is 97.4 Å². The molecule has 0 fully saturated rings. The van der Waals surface area contributed by atoms with Gasteiger partial charge in [-0.05, 0) is 43.1 Å². The summed E-state index contributed by atoms with van der Waals surface area (Å²) in [6.07, 6.45) is 5.14. The van der Waals surface area contributed by atoms with E-state index in [1.54, 1.807) is 12.1 Å². The van der Waals surface area contributed by atoms with Crippen LogP contribution in [-0.2, 0) is 0 Å². The van der Waals surface area contributed by atoms with Crippen molar-refractivity contribution in [3.8, 4) is 0 Å². The number of hydrogen-bond acceptors (Lipinski definition) is 1. The van der Waals surface area contributed by atoms with E-state index in [2.05, 4.69) is 25.2 Å². The number of rotatable bonds is 6. The molecular formula is C14H20FN. The molecule has 0 saturated carbocycles. The van der Waals surface area contributed by atoms with Gasteiger partial charge in [0.1, 0.15) is 5.82 Å². The lowest BCUT2D eigenvalue weighted by atomic mass is 10.2. The molecule has 0 bridgehead atoms. The molecule has 0 amide bonds. The molecule has 0 aliphatic carbocycles. The van der Waals surface area contributed by atoms with Crippen LogP contribution in [0.25, 0.3) is 6.08 Å². The molecule has 16 heavy (non-hydrogen) atoms. The molecule has 0 radical (unpaired) electrons. The van der Waals surface area contributed by atoms with Crippen LogP contribution in [0.2, 0.25) is 0 Å². The van der Waals surface area contributed by atoms with Crippen LogP contribution < -0.4 is 5.32 Å². The Kier molecular flexibility index (Phi) is 5.79. The highest BCUT2D eigenvalue weighted by Gasteiger charge is 1.91. The molecule has 2 heteroatoms. The second-order valence-corrected chi connectivity index (χ2v) is 4.34. The summed E-state index contributed by atoms with van der Waals surface area (Å²) >= 11 is 0. The molecule has 0 aromatic heterocycles. The van der Waals surface area contributed by atoms with Crippen molar-refractivity contribution in [3.63, 3.8) is 0 Å². The van der Waals surface area contributed by atoms with Gasteiger partial charge in [-0.15, -0.1) is 0 Å². The third-order valence-electron chi connectivity index (χ3n) is 2.22. The van der Waals surface area contributed by atoms with Gasteiger partial charge in [0.05, 0.1) is 0 Å². The Hall–Kier alpha value is -1.15. The Morgan fingerprint density at radius 3 is 2.56 bits per heavy atom. The molecule has 1 nitrogen and oxygen atoms in total. The van der Waals surface area contributed by atoms with E-state index in [0.717, 1.165) is 25.1 Å². The van der Waals surface area contributed by atoms with E-state index >= 15 is 0 Å². The summed E-state index contributed by atoms with van der Waals surface area (Å²) in [5.74, 6) is 0.511. The van der Waals surface area contributed by atoms with Gasteiger partial charge in [-0.25, -0.2) is 4.39 Å². The van der Waals surface area contributed by atoms with Gasteiger partial charge >= 0.3 is 0 Å². The number of halogens is 1. The maximum atomic E-state index is 12.6. The van der Waals surface area contributed by atoms with Gasteiger partial charge in [0.2, 0.25) is 0 Å². The molecular weight excluding hydrogens is 201 g/mol. The minimum atomic E-state index is -0.184.